The number of rotatable bonds is 8. The fourth-order valence-corrected chi connectivity index (χ4v) is 5.10. The van der Waals surface area contributed by atoms with Crippen molar-refractivity contribution >= 4 is 0 Å². The summed E-state index contributed by atoms with van der Waals surface area (Å²) in [6.07, 6.45) is 4.81. The fourth-order valence-electron chi connectivity index (χ4n) is 5.10. The van der Waals surface area contributed by atoms with Crippen LogP contribution in [0.4, 0.5) is 0 Å². The molecule has 0 amide bonds. The highest BCUT2D eigenvalue weighted by molar-refractivity contribution is 5.15. The molecule has 2 aromatic rings. The molecule has 1 aromatic carbocycles. The van der Waals surface area contributed by atoms with Gasteiger partial charge in [0.2, 0.25) is 0 Å². The number of benzene rings is 1. The molecule has 0 radical (unpaired) electrons. The Hall–Kier alpha value is -1.69. The summed E-state index contributed by atoms with van der Waals surface area (Å²) in [7, 11) is 4.36. The van der Waals surface area contributed by atoms with Crippen molar-refractivity contribution in [3.63, 3.8) is 0 Å². The maximum Gasteiger partial charge on any atom is 0.150 e. The zero-order chi connectivity index (χ0) is 21.1. The van der Waals surface area contributed by atoms with Gasteiger partial charge in [-0.15, -0.1) is 0 Å². The largest absolute Gasteiger partial charge is 0.360 e. The minimum atomic E-state index is 0.312. The van der Waals surface area contributed by atoms with E-state index >= 15 is 0 Å². The van der Waals surface area contributed by atoms with Gasteiger partial charge in [-0.2, -0.15) is 0 Å². The number of nitrogens with one attached hydrogen (secondary N) is 1. The van der Waals surface area contributed by atoms with Gasteiger partial charge in [-0.05, 0) is 69.8 Å². The first-order chi connectivity index (χ1) is 14.4. The number of nitrogens with zero attached hydrogens (tertiary/aromatic N) is 3. The Kier molecular flexibility index (Phi) is 6.61. The summed E-state index contributed by atoms with van der Waals surface area (Å²) >= 11 is 0. The van der Waals surface area contributed by atoms with Crippen molar-refractivity contribution in [3.05, 3.63) is 53.4 Å². The second-order valence-corrected chi connectivity index (χ2v) is 10.2. The molecule has 1 aliphatic heterocycles. The highest BCUT2D eigenvalue weighted by Gasteiger charge is 2.48. The molecule has 1 saturated carbocycles. The average molecular weight is 411 g/mol. The van der Waals surface area contributed by atoms with Gasteiger partial charge >= 0.3 is 0 Å². The van der Waals surface area contributed by atoms with E-state index in [1.165, 1.54) is 37.9 Å². The van der Waals surface area contributed by atoms with Crippen LogP contribution in [-0.2, 0) is 19.5 Å². The number of piperidine rings is 1. The Morgan fingerprint density at radius 2 is 1.90 bits per heavy atom. The van der Waals surface area contributed by atoms with Gasteiger partial charge in [0.1, 0.15) is 0 Å². The third-order valence-electron chi connectivity index (χ3n) is 7.41. The Balaban J connectivity index is 1.25. The first-order valence-electron chi connectivity index (χ1n) is 11.5. The second-order valence-electron chi connectivity index (χ2n) is 10.2. The van der Waals surface area contributed by atoms with E-state index in [9.17, 15) is 0 Å². The van der Waals surface area contributed by atoms with E-state index in [-0.39, 0.29) is 0 Å². The van der Waals surface area contributed by atoms with Crippen LogP contribution in [0.1, 0.15) is 50.1 Å². The van der Waals surface area contributed by atoms with Crippen molar-refractivity contribution in [1.82, 2.24) is 20.3 Å². The van der Waals surface area contributed by atoms with Gasteiger partial charge in [-0.3, -0.25) is 4.90 Å². The summed E-state index contributed by atoms with van der Waals surface area (Å²) < 4.78 is 5.66. The number of likely N-dealkylation sites (tertiary alicyclic amines) is 1. The fraction of sp³-hybridized carbons (Fsp3) is 0.640. The lowest BCUT2D eigenvalue weighted by atomic mass is 9.57. The van der Waals surface area contributed by atoms with E-state index in [0.29, 0.717) is 23.4 Å². The molecular formula is C25H38N4O. The van der Waals surface area contributed by atoms with Crippen molar-refractivity contribution < 1.29 is 4.52 Å². The first kappa shape index (κ1) is 21.5. The topological polar surface area (TPSA) is 44.5 Å². The molecule has 30 heavy (non-hydrogen) atoms. The summed E-state index contributed by atoms with van der Waals surface area (Å²) in [6.45, 7) is 8.97. The summed E-state index contributed by atoms with van der Waals surface area (Å²) in [5.41, 5.74) is 2.74. The molecule has 2 unspecified atom stereocenters. The van der Waals surface area contributed by atoms with Gasteiger partial charge < -0.3 is 14.7 Å². The molecule has 2 fully saturated rings. The summed E-state index contributed by atoms with van der Waals surface area (Å²) in [4.78, 5) is 4.71. The minimum absolute atomic E-state index is 0.312. The van der Waals surface area contributed by atoms with Crippen LogP contribution in [-0.4, -0.2) is 54.2 Å². The lowest BCUT2D eigenvalue weighted by molar-refractivity contribution is 0.00205. The van der Waals surface area contributed by atoms with Gasteiger partial charge in [0, 0.05) is 24.7 Å². The van der Waals surface area contributed by atoms with Gasteiger partial charge in [0.15, 0.2) is 5.76 Å². The Labute approximate surface area is 181 Å². The van der Waals surface area contributed by atoms with Gasteiger partial charge in [0.25, 0.3) is 0 Å². The standard InChI is InChI=1S/C25H38N4O/c1-25(2)20(15-24(25)26-21-10-12-28(3)13-11-21)14-22-16-23(30-27-22)18-29(4)17-19-8-6-5-7-9-19/h5-9,16,20-21,24,26H,10-15,17-18H2,1-4H3. The lowest BCUT2D eigenvalue weighted by Gasteiger charge is -2.54. The van der Waals surface area contributed by atoms with Crippen LogP contribution >= 0.6 is 0 Å². The molecular weight excluding hydrogens is 372 g/mol. The maximum atomic E-state index is 5.66. The molecule has 2 atom stereocenters. The molecule has 5 heteroatoms. The van der Waals surface area contributed by atoms with E-state index in [4.69, 9.17) is 4.52 Å². The SMILES string of the molecule is CN1CCC(NC2CC(Cc3cc(CN(C)Cc4ccccc4)on3)C2(C)C)CC1. The quantitative estimate of drug-likeness (QED) is 0.714. The van der Waals surface area contributed by atoms with Crippen LogP contribution in [0.3, 0.4) is 0 Å². The van der Waals surface area contributed by atoms with Crippen molar-refractivity contribution in [1.29, 1.82) is 0 Å². The summed E-state index contributed by atoms with van der Waals surface area (Å²) in [6, 6.07) is 14.0. The van der Waals surface area contributed by atoms with Crippen LogP contribution in [0.15, 0.2) is 40.9 Å². The minimum Gasteiger partial charge on any atom is -0.360 e. The monoisotopic (exact) mass is 410 g/mol. The van der Waals surface area contributed by atoms with E-state index in [2.05, 4.69) is 84.6 Å². The molecule has 1 aliphatic carbocycles. The van der Waals surface area contributed by atoms with Crippen LogP contribution < -0.4 is 5.32 Å². The zero-order valence-electron chi connectivity index (χ0n) is 19.1. The molecule has 164 valence electrons. The predicted octanol–water partition coefficient (Wildman–Crippen LogP) is 3.95. The van der Waals surface area contributed by atoms with Crippen LogP contribution in [0, 0.1) is 11.3 Å². The van der Waals surface area contributed by atoms with E-state index < -0.39 is 0 Å². The third kappa shape index (κ3) is 5.13. The molecule has 0 spiro atoms. The third-order valence-corrected chi connectivity index (χ3v) is 7.41. The van der Waals surface area contributed by atoms with Crippen molar-refractivity contribution in [2.75, 3.05) is 27.2 Å². The smallest absolute Gasteiger partial charge is 0.150 e. The molecule has 1 saturated heterocycles. The molecule has 0 bridgehead atoms. The predicted molar refractivity (Wildman–Crippen MR) is 121 cm³/mol. The Morgan fingerprint density at radius 3 is 2.60 bits per heavy atom. The molecule has 2 heterocycles. The zero-order valence-corrected chi connectivity index (χ0v) is 19.1. The van der Waals surface area contributed by atoms with Gasteiger partial charge in [-0.1, -0.05) is 49.3 Å². The van der Waals surface area contributed by atoms with Crippen LogP contribution in [0.2, 0.25) is 0 Å². The number of hydrogen-bond donors (Lipinski definition) is 1. The van der Waals surface area contributed by atoms with E-state index in [0.717, 1.165) is 31.0 Å². The van der Waals surface area contributed by atoms with Crippen molar-refractivity contribution in [3.8, 4) is 0 Å². The number of hydrogen-bond acceptors (Lipinski definition) is 5. The van der Waals surface area contributed by atoms with Gasteiger partial charge in [0.05, 0.1) is 12.2 Å². The Morgan fingerprint density at radius 1 is 1.17 bits per heavy atom. The molecule has 5 nitrogen and oxygen atoms in total. The molecule has 4 rings (SSSR count). The summed E-state index contributed by atoms with van der Waals surface area (Å²) in [5.74, 6) is 1.63. The number of aromatic nitrogens is 1. The average Bonchev–Trinajstić information content (AvgIpc) is 3.16. The van der Waals surface area contributed by atoms with E-state index in [1.807, 2.05) is 0 Å². The van der Waals surface area contributed by atoms with Crippen LogP contribution in [0.5, 0.6) is 0 Å². The molecule has 1 aromatic heterocycles. The summed E-state index contributed by atoms with van der Waals surface area (Å²) in [5, 5.41) is 8.34. The van der Waals surface area contributed by atoms with Crippen molar-refractivity contribution in [2.45, 2.75) is 64.7 Å². The first-order valence-corrected chi connectivity index (χ1v) is 11.5. The lowest BCUT2D eigenvalue weighted by Crippen LogP contribution is -2.60. The Bertz CT molecular complexity index is 794. The molecule has 2 aliphatic rings. The second kappa shape index (κ2) is 9.21. The highest BCUT2D eigenvalue weighted by atomic mass is 16.5. The maximum absolute atomic E-state index is 5.66. The highest BCUT2D eigenvalue weighted by Crippen LogP contribution is 2.48. The van der Waals surface area contributed by atoms with Crippen LogP contribution in [0.25, 0.3) is 0 Å². The normalized spacial score (nSPS) is 24.8. The van der Waals surface area contributed by atoms with E-state index in [1.54, 1.807) is 0 Å². The molecule has 1 N–H and O–H groups in total. The van der Waals surface area contributed by atoms with Gasteiger partial charge in [-0.25, -0.2) is 0 Å². The van der Waals surface area contributed by atoms with Crippen molar-refractivity contribution in [2.24, 2.45) is 11.3 Å².